The lowest BCUT2D eigenvalue weighted by Crippen LogP contribution is -2.41. The van der Waals surface area contributed by atoms with Crippen molar-refractivity contribution in [3.8, 4) is 0 Å². The normalized spacial score (nSPS) is 20.7. The predicted octanol–water partition coefficient (Wildman–Crippen LogP) is 0.756. The van der Waals surface area contributed by atoms with Crippen LogP contribution in [0.25, 0.3) is 0 Å². The molecule has 0 fully saturated rings. The fourth-order valence-corrected chi connectivity index (χ4v) is 1.47. The molecule has 5 heteroatoms. The molecule has 1 heterocycles. The van der Waals surface area contributed by atoms with Crippen molar-refractivity contribution in [2.24, 2.45) is 5.10 Å². The average Bonchev–Trinajstić information content (AvgIpc) is 2.55. The van der Waals surface area contributed by atoms with Crippen LogP contribution in [0.15, 0.2) is 35.4 Å². The zero-order valence-corrected chi connectivity index (χ0v) is 8.21. The zero-order chi connectivity index (χ0) is 10.8. The molecule has 1 aliphatic rings. The minimum absolute atomic E-state index is 0.277. The van der Waals surface area contributed by atoms with E-state index < -0.39 is 6.04 Å². The Labute approximate surface area is 87.0 Å². The molecule has 2 rings (SSSR count). The van der Waals surface area contributed by atoms with E-state index in [1.807, 2.05) is 23.7 Å². The first-order chi connectivity index (χ1) is 7.24. The highest BCUT2D eigenvalue weighted by Crippen LogP contribution is 2.19. The molecule has 0 spiro atoms. The van der Waals surface area contributed by atoms with Crippen LogP contribution in [-0.2, 0) is 4.79 Å². The van der Waals surface area contributed by atoms with Gasteiger partial charge in [0.2, 0.25) is 0 Å². The molecule has 0 radical (unpaired) electrons. The number of anilines is 1. The van der Waals surface area contributed by atoms with Gasteiger partial charge in [0.25, 0.3) is 5.91 Å². The number of para-hydroxylation sites is 1. The number of amides is 1. The number of rotatable bonds is 2. The summed E-state index contributed by atoms with van der Waals surface area (Å²) in [6.07, 6.45) is 0. The van der Waals surface area contributed by atoms with Crippen LogP contribution in [0.3, 0.4) is 0 Å². The van der Waals surface area contributed by atoms with E-state index >= 15 is 0 Å². The molecule has 0 aliphatic carbocycles. The number of hydrazone groups is 1. The molecule has 1 aromatic carbocycles. The standard InChI is InChI=1S/C10H11N3O2/c1-7-9(12-15)10(14)13(11-7)8-5-3-2-4-6-8/h2-6,9,12,15H,1H3/t9-/m1/s1. The molecule has 0 bridgehead atoms. The number of hydroxylamine groups is 1. The van der Waals surface area contributed by atoms with Crippen LogP contribution in [0.5, 0.6) is 0 Å². The Morgan fingerprint density at radius 3 is 2.60 bits per heavy atom. The fraction of sp³-hybridized carbons (Fsp3) is 0.200. The summed E-state index contributed by atoms with van der Waals surface area (Å²) >= 11 is 0. The molecule has 1 atom stereocenters. The van der Waals surface area contributed by atoms with Crippen molar-refractivity contribution in [2.45, 2.75) is 13.0 Å². The van der Waals surface area contributed by atoms with Crippen LogP contribution in [-0.4, -0.2) is 22.9 Å². The Morgan fingerprint density at radius 1 is 1.40 bits per heavy atom. The second kappa shape index (κ2) is 3.80. The van der Waals surface area contributed by atoms with E-state index in [4.69, 9.17) is 5.21 Å². The number of benzene rings is 1. The summed E-state index contributed by atoms with van der Waals surface area (Å²) in [6, 6.07) is 8.36. The van der Waals surface area contributed by atoms with Gasteiger partial charge in [-0.15, -0.1) is 0 Å². The molecule has 1 amide bonds. The number of nitrogens with zero attached hydrogens (tertiary/aromatic N) is 2. The molecule has 2 N–H and O–H groups in total. The van der Waals surface area contributed by atoms with Gasteiger partial charge in [-0.1, -0.05) is 18.2 Å². The molecule has 0 saturated carbocycles. The van der Waals surface area contributed by atoms with Crippen LogP contribution in [0.4, 0.5) is 5.69 Å². The number of hydrogen-bond donors (Lipinski definition) is 2. The Morgan fingerprint density at radius 2 is 2.07 bits per heavy atom. The third-order valence-electron chi connectivity index (χ3n) is 2.26. The van der Waals surface area contributed by atoms with Crippen molar-refractivity contribution < 1.29 is 10.0 Å². The number of carbonyl (C=O) groups excluding carboxylic acids is 1. The van der Waals surface area contributed by atoms with Gasteiger partial charge in [0.1, 0.15) is 0 Å². The SMILES string of the molecule is CC1=NN(c2ccccc2)C(=O)[C@@H]1NO. The summed E-state index contributed by atoms with van der Waals surface area (Å²) in [7, 11) is 0. The monoisotopic (exact) mass is 205 g/mol. The highest BCUT2D eigenvalue weighted by Gasteiger charge is 2.33. The Balaban J connectivity index is 2.31. The van der Waals surface area contributed by atoms with E-state index in [1.54, 1.807) is 19.1 Å². The van der Waals surface area contributed by atoms with Gasteiger partial charge in [-0.2, -0.15) is 15.6 Å². The molecule has 1 aliphatic heterocycles. The quantitative estimate of drug-likeness (QED) is 0.700. The van der Waals surface area contributed by atoms with Crippen LogP contribution in [0.2, 0.25) is 0 Å². The second-order valence-electron chi connectivity index (χ2n) is 3.29. The maximum Gasteiger partial charge on any atom is 0.272 e. The molecule has 0 unspecified atom stereocenters. The van der Waals surface area contributed by atoms with Gasteiger partial charge in [-0.05, 0) is 19.1 Å². The lowest BCUT2D eigenvalue weighted by molar-refractivity contribution is -0.120. The molecule has 15 heavy (non-hydrogen) atoms. The number of carbonyl (C=O) groups is 1. The molecule has 78 valence electrons. The van der Waals surface area contributed by atoms with Gasteiger partial charge in [0, 0.05) is 0 Å². The summed E-state index contributed by atoms with van der Waals surface area (Å²) < 4.78 is 0. The van der Waals surface area contributed by atoms with E-state index in [9.17, 15) is 4.79 Å². The van der Waals surface area contributed by atoms with Crippen molar-refractivity contribution >= 4 is 17.3 Å². The molecule has 1 aromatic rings. The van der Waals surface area contributed by atoms with Crippen molar-refractivity contribution in [3.05, 3.63) is 30.3 Å². The predicted molar refractivity (Wildman–Crippen MR) is 55.7 cm³/mol. The Hall–Kier alpha value is -1.72. The maximum atomic E-state index is 11.7. The van der Waals surface area contributed by atoms with Gasteiger partial charge in [0.05, 0.1) is 11.4 Å². The van der Waals surface area contributed by atoms with Crippen LogP contribution in [0.1, 0.15) is 6.92 Å². The van der Waals surface area contributed by atoms with Gasteiger partial charge in [-0.3, -0.25) is 4.79 Å². The summed E-state index contributed by atoms with van der Waals surface area (Å²) in [5, 5.41) is 14.1. The molecule has 5 nitrogen and oxygen atoms in total. The van der Waals surface area contributed by atoms with Crippen LogP contribution >= 0.6 is 0 Å². The van der Waals surface area contributed by atoms with Gasteiger partial charge in [0.15, 0.2) is 6.04 Å². The summed E-state index contributed by atoms with van der Waals surface area (Å²) in [5.74, 6) is -0.277. The van der Waals surface area contributed by atoms with Gasteiger partial charge in [-0.25, -0.2) is 0 Å². The average molecular weight is 205 g/mol. The third kappa shape index (κ3) is 1.62. The highest BCUT2D eigenvalue weighted by atomic mass is 16.5. The van der Waals surface area contributed by atoms with E-state index in [0.717, 1.165) is 0 Å². The van der Waals surface area contributed by atoms with E-state index in [-0.39, 0.29) is 5.91 Å². The topological polar surface area (TPSA) is 64.9 Å². The molecular weight excluding hydrogens is 194 g/mol. The van der Waals surface area contributed by atoms with E-state index in [1.165, 1.54) is 5.01 Å². The fourth-order valence-electron chi connectivity index (χ4n) is 1.47. The Kier molecular flexibility index (Phi) is 2.49. The van der Waals surface area contributed by atoms with Crippen molar-refractivity contribution in [1.29, 1.82) is 0 Å². The zero-order valence-electron chi connectivity index (χ0n) is 8.21. The van der Waals surface area contributed by atoms with E-state index in [2.05, 4.69) is 5.10 Å². The highest BCUT2D eigenvalue weighted by molar-refractivity contribution is 6.17. The smallest absolute Gasteiger partial charge is 0.272 e. The van der Waals surface area contributed by atoms with Crippen molar-refractivity contribution in [3.63, 3.8) is 0 Å². The minimum Gasteiger partial charge on any atom is -0.316 e. The first kappa shape index (κ1) is 9.82. The van der Waals surface area contributed by atoms with Crippen molar-refractivity contribution in [1.82, 2.24) is 5.48 Å². The summed E-state index contributed by atoms with van der Waals surface area (Å²) in [6.45, 7) is 1.69. The summed E-state index contributed by atoms with van der Waals surface area (Å²) in [5.41, 5.74) is 3.18. The van der Waals surface area contributed by atoms with Crippen LogP contribution < -0.4 is 10.5 Å². The summed E-state index contributed by atoms with van der Waals surface area (Å²) in [4.78, 5) is 11.7. The van der Waals surface area contributed by atoms with Gasteiger partial charge >= 0.3 is 0 Å². The van der Waals surface area contributed by atoms with Crippen molar-refractivity contribution in [2.75, 3.05) is 5.01 Å². The molecular formula is C10H11N3O2. The number of nitrogens with one attached hydrogen (secondary N) is 1. The first-order valence-electron chi connectivity index (χ1n) is 4.58. The Bertz CT molecular complexity index is 402. The minimum atomic E-state index is -0.731. The first-order valence-corrected chi connectivity index (χ1v) is 4.58. The molecule has 0 aromatic heterocycles. The van der Waals surface area contributed by atoms with E-state index in [0.29, 0.717) is 11.4 Å². The number of hydrogen-bond acceptors (Lipinski definition) is 4. The molecule has 0 saturated heterocycles. The lowest BCUT2D eigenvalue weighted by Gasteiger charge is -2.12. The van der Waals surface area contributed by atoms with Crippen LogP contribution in [0, 0.1) is 0 Å². The lowest BCUT2D eigenvalue weighted by atomic mass is 10.2. The second-order valence-corrected chi connectivity index (χ2v) is 3.29. The largest absolute Gasteiger partial charge is 0.316 e. The third-order valence-corrected chi connectivity index (χ3v) is 2.26. The maximum absolute atomic E-state index is 11.7. The van der Waals surface area contributed by atoms with Gasteiger partial charge < -0.3 is 5.21 Å².